The van der Waals surface area contributed by atoms with Crippen molar-refractivity contribution in [2.24, 2.45) is 0 Å². The molecule has 0 aliphatic rings. The molecule has 0 aliphatic heterocycles. The number of hydrogen-bond donors (Lipinski definition) is 0. The topological polar surface area (TPSA) is 9.23 Å². The Bertz CT molecular complexity index is 223. The van der Waals surface area contributed by atoms with E-state index in [9.17, 15) is 0 Å². The van der Waals surface area contributed by atoms with E-state index in [2.05, 4.69) is 31.2 Å². The molecule has 0 aliphatic carbocycles. The molecule has 0 N–H and O–H groups in total. The minimum atomic E-state index is 0.236. The van der Waals surface area contributed by atoms with Gasteiger partial charge in [0.1, 0.15) is 0 Å². The van der Waals surface area contributed by atoms with E-state index in [-0.39, 0.29) is 6.10 Å². The van der Waals surface area contributed by atoms with Crippen LogP contribution >= 0.6 is 0 Å². The van der Waals surface area contributed by atoms with Crippen molar-refractivity contribution in [3.8, 4) is 0 Å². The normalized spacial score (nSPS) is 12.8. The summed E-state index contributed by atoms with van der Waals surface area (Å²) in [5.74, 6) is 0. The number of ether oxygens (including phenoxy) is 1. The van der Waals surface area contributed by atoms with Gasteiger partial charge in [-0.15, -0.1) is 0 Å². The van der Waals surface area contributed by atoms with Crippen molar-refractivity contribution in [2.45, 2.75) is 24.7 Å². The van der Waals surface area contributed by atoms with E-state index in [1.807, 2.05) is 6.07 Å². The van der Waals surface area contributed by atoms with Gasteiger partial charge in [-0.05, 0) is 0 Å². The van der Waals surface area contributed by atoms with Gasteiger partial charge in [-0.3, -0.25) is 0 Å². The van der Waals surface area contributed by atoms with Crippen molar-refractivity contribution in [2.75, 3.05) is 6.61 Å². The third-order valence-electron chi connectivity index (χ3n) is 1.99. The first-order valence-corrected chi connectivity index (χ1v) is 6.42. The van der Waals surface area contributed by atoms with Gasteiger partial charge in [-0.25, -0.2) is 0 Å². The van der Waals surface area contributed by atoms with Gasteiger partial charge in [0, 0.05) is 0 Å². The number of benzene rings is 1. The van der Waals surface area contributed by atoms with E-state index in [4.69, 9.17) is 4.74 Å². The van der Waals surface area contributed by atoms with Crippen LogP contribution in [0.1, 0.15) is 25.0 Å². The molecule has 0 saturated heterocycles. The van der Waals surface area contributed by atoms with Gasteiger partial charge >= 0.3 is 88.7 Å². The number of rotatable bonds is 5. The van der Waals surface area contributed by atoms with Gasteiger partial charge in [0.15, 0.2) is 0 Å². The Hall–Kier alpha value is -0.262. The molecule has 0 radical (unpaired) electrons. The molecule has 0 amide bonds. The first kappa shape index (κ1) is 10.8. The van der Waals surface area contributed by atoms with Crippen molar-refractivity contribution in [3.05, 3.63) is 35.9 Å². The Kier molecular flexibility index (Phi) is 5.19. The second-order valence-corrected chi connectivity index (χ2v) is 4.28. The van der Waals surface area contributed by atoms with Crippen LogP contribution in [0.4, 0.5) is 0 Å². The molecule has 0 saturated carbocycles. The monoisotopic (exact) mass is 240 g/mol. The molecule has 2 atom stereocenters. The standard InChI is InChI=1S/C11H17AsO/c1-10(13-9-5-8-12)11-6-3-2-4-7-11/h2-4,6-7,10H,5,8-9,12H2,1H3. The first-order valence-electron chi connectivity index (χ1n) is 4.71. The van der Waals surface area contributed by atoms with Crippen LogP contribution in [0.2, 0.25) is 5.21 Å². The molecule has 1 aromatic rings. The van der Waals surface area contributed by atoms with Crippen LogP contribution < -0.4 is 0 Å². The summed E-state index contributed by atoms with van der Waals surface area (Å²) in [5.41, 5.74) is 1.27. The van der Waals surface area contributed by atoms with Crippen LogP contribution in [-0.2, 0) is 4.74 Å². The van der Waals surface area contributed by atoms with Crippen LogP contribution in [0, 0.1) is 0 Å². The fraction of sp³-hybridized carbons (Fsp3) is 0.455. The summed E-state index contributed by atoms with van der Waals surface area (Å²) in [5, 5.41) is 1.26. The maximum absolute atomic E-state index is 5.68. The Labute approximate surface area is 89.0 Å². The molecule has 1 aromatic carbocycles. The van der Waals surface area contributed by atoms with Crippen molar-refractivity contribution in [1.29, 1.82) is 0 Å². The van der Waals surface area contributed by atoms with Crippen molar-refractivity contribution in [1.82, 2.24) is 0 Å². The minimum absolute atomic E-state index is 0.236. The van der Waals surface area contributed by atoms with Crippen LogP contribution in [0.15, 0.2) is 30.3 Å². The third-order valence-corrected chi connectivity index (χ3v) is 2.84. The third kappa shape index (κ3) is 3.97. The number of hydrogen-bond acceptors (Lipinski definition) is 1. The van der Waals surface area contributed by atoms with Crippen LogP contribution in [-0.4, -0.2) is 23.5 Å². The fourth-order valence-corrected chi connectivity index (χ4v) is 1.51. The summed E-state index contributed by atoms with van der Waals surface area (Å²) < 4.78 is 5.68. The molecular formula is C11H17AsO. The SMILES string of the molecule is CC(OCCC[AsH2])c1ccccc1. The van der Waals surface area contributed by atoms with Crippen LogP contribution in [0.5, 0.6) is 0 Å². The van der Waals surface area contributed by atoms with E-state index < -0.39 is 0 Å². The van der Waals surface area contributed by atoms with Crippen molar-refractivity contribution < 1.29 is 4.74 Å². The van der Waals surface area contributed by atoms with Gasteiger partial charge in [-0.2, -0.15) is 0 Å². The Morgan fingerprint density at radius 3 is 2.62 bits per heavy atom. The summed E-state index contributed by atoms with van der Waals surface area (Å²) in [6, 6.07) is 10.4. The average Bonchev–Trinajstić information content (AvgIpc) is 2.19. The summed E-state index contributed by atoms with van der Waals surface area (Å²) in [6.07, 6.45) is 1.41. The molecule has 2 heteroatoms. The van der Waals surface area contributed by atoms with Gasteiger partial charge in [-0.1, -0.05) is 0 Å². The average molecular weight is 240 g/mol. The first-order chi connectivity index (χ1) is 6.34. The Morgan fingerprint density at radius 1 is 1.31 bits per heavy atom. The van der Waals surface area contributed by atoms with Gasteiger partial charge in [0.25, 0.3) is 0 Å². The van der Waals surface area contributed by atoms with Gasteiger partial charge in [0.05, 0.1) is 0 Å². The fourth-order valence-electron chi connectivity index (χ4n) is 1.16. The predicted molar refractivity (Wildman–Crippen MR) is 58.8 cm³/mol. The van der Waals surface area contributed by atoms with Crippen LogP contribution in [0.3, 0.4) is 0 Å². The zero-order chi connectivity index (χ0) is 9.52. The molecule has 13 heavy (non-hydrogen) atoms. The summed E-state index contributed by atoms with van der Waals surface area (Å²) in [7, 11) is 0. The maximum atomic E-state index is 5.68. The molecule has 2 unspecified atom stereocenters. The molecule has 0 bridgehead atoms. The molecular weight excluding hydrogens is 223 g/mol. The molecule has 0 heterocycles. The zero-order valence-electron chi connectivity index (χ0n) is 8.07. The quantitative estimate of drug-likeness (QED) is 0.566. The Balaban J connectivity index is 2.35. The van der Waals surface area contributed by atoms with E-state index in [0.717, 1.165) is 6.61 Å². The van der Waals surface area contributed by atoms with E-state index in [1.165, 1.54) is 17.2 Å². The van der Waals surface area contributed by atoms with E-state index in [0.29, 0.717) is 0 Å². The van der Waals surface area contributed by atoms with Gasteiger partial charge in [0.2, 0.25) is 0 Å². The second kappa shape index (κ2) is 6.23. The van der Waals surface area contributed by atoms with Crippen LogP contribution in [0.25, 0.3) is 0 Å². The molecule has 0 aromatic heterocycles. The summed E-state index contributed by atoms with van der Waals surface area (Å²) >= 11 is 1.78. The van der Waals surface area contributed by atoms with Gasteiger partial charge < -0.3 is 0 Å². The summed E-state index contributed by atoms with van der Waals surface area (Å²) in [4.78, 5) is 0. The van der Waals surface area contributed by atoms with E-state index in [1.54, 1.807) is 16.9 Å². The second-order valence-electron chi connectivity index (χ2n) is 3.07. The predicted octanol–water partition coefficient (Wildman–Crippen LogP) is 2.21. The van der Waals surface area contributed by atoms with Crippen molar-refractivity contribution >= 4 is 16.9 Å². The molecule has 72 valence electrons. The summed E-state index contributed by atoms with van der Waals surface area (Å²) in [6.45, 7) is 2.99. The zero-order valence-corrected chi connectivity index (χ0v) is 10.5. The molecule has 0 spiro atoms. The molecule has 0 fully saturated rings. The molecule has 1 rings (SSSR count). The Morgan fingerprint density at radius 2 is 2.00 bits per heavy atom. The molecule has 1 nitrogen and oxygen atoms in total. The van der Waals surface area contributed by atoms with E-state index >= 15 is 0 Å². The van der Waals surface area contributed by atoms with Crippen molar-refractivity contribution in [3.63, 3.8) is 0 Å².